The van der Waals surface area contributed by atoms with Gasteiger partial charge in [0.2, 0.25) is 0 Å². The second-order valence-corrected chi connectivity index (χ2v) is 8.02. The number of nitrogens with zero attached hydrogens (tertiary/aromatic N) is 4. The molecule has 0 aliphatic carbocycles. The zero-order valence-corrected chi connectivity index (χ0v) is 17.6. The molecule has 2 aliphatic heterocycles. The molecular formula is C24H27N5O. The van der Waals surface area contributed by atoms with E-state index >= 15 is 0 Å². The molecule has 2 aromatic heterocycles. The van der Waals surface area contributed by atoms with E-state index in [0.717, 1.165) is 77.6 Å². The third kappa shape index (κ3) is 3.58. The minimum atomic E-state index is 0.691. The van der Waals surface area contributed by atoms with Gasteiger partial charge in [0, 0.05) is 29.7 Å². The van der Waals surface area contributed by atoms with Crippen LogP contribution in [-0.4, -0.2) is 32.9 Å². The highest BCUT2D eigenvalue weighted by Crippen LogP contribution is 2.34. The summed E-state index contributed by atoms with van der Waals surface area (Å²) >= 11 is 0. The second kappa shape index (κ2) is 7.94. The summed E-state index contributed by atoms with van der Waals surface area (Å²) in [5, 5.41) is 9.37. The van der Waals surface area contributed by atoms with Gasteiger partial charge in [-0.15, -0.1) is 0 Å². The van der Waals surface area contributed by atoms with Gasteiger partial charge in [0.05, 0.1) is 5.52 Å². The Bertz CT molecular complexity index is 1120. The van der Waals surface area contributed by atoms with Crippen molar-refractivity contribution >= 4 is 27.9 Å². The van der Waals surface area contributed by atoms with Crippen molar-refractivity contribution in [2.45, 2.75) is 46.0 Å². The van der Waals surface area contributed by atoms with Gasteiger partial charge in [-0.25, -0.2) is 9.67 Å². The van der Waals surface area contributed by atoms with Gasteiger partial charge in [-0.3, -0.25) is 4.98 Å². The number of rotatable bonds is 3. The molecule has 0 spiro atoms. The van der Waals surface area contributed by atoms with Gasteiger partial charge in [0.1, 0.15) is 18.0 Å². The fraction of sp³-hybridized carbons (Fsp3) is 0.375. The largest absolute Gasteiger partial charge is 0.490 e. The smallest absolute Gasteiger partial charge is 0.158 e. The summed E-state index contributed by atoms with van der Waals surface area (Å²) in [5.41, 5.74) is 5.37. The Hall–Kier alpha value is -3.15. The van der Waals surface area contributed by atoms with Gasteiger partial charge in [0.25, 0.3) is 0 Å². The number of aromatic nitrogens is 4. The van der Waals surface area contributed by atoms with Gasteiger partial charge >= 0.3 is 0 Å². The zero-order chi connectivity index (χ0) is 20.5. The third-order valence-electron chi connectivity index (χ3n) is 5.78. The van der Waals surface area contributed by atoms with Crippen molar-refractivity contribution in [2.75, 3.05) is 18.5 Å². The van der Waals surface area contributed by atoms with E-state index in [2.05, 4.69) is 49.5 Å². The van der Waals surface area contributed by atoms with Crippen LogP contribution in [0.25, 0.3) is 22.2 Å². The number of anilines is 1. The summed E-state index contributed by atoms with van der Waals surface area (Å²) in [7, 11) is 0. The van der Waals surface area contributed by atoms with E-state index in [1.807, 2.05) is 10.7 Å². The molecule has 0 radical (unpaired) electrons. The number of hydrogen-bond donors (Lipinski definition) is 1. The fourth-order valence-electron chi connectivity index (χ4n) is 4.10. The Morgan fingerprint density at radius 1 is 1.03 bits per heavy atom. The Morgan fingerprint density at radius 2 is 1.90 bits per heavy atom. The SMILES string of the molecule is C/C1=C/CCC/C=C(/C)n2nc(CCc3ccc4ccc5c(c4n3)NCCO5)nc21. The zero-order valence-electron chi connectivity index (χ0n) is 17.6. The van der Waals surface area contributed by atoms with Crippen molar-refractivity contribution in [3.8, 4) is 5.75 Å². The van der Waals surface area contributed by atoms with Gasteiger partial charge < -0.3 is 10.1 Å². The number of ether oxygens (including phenoxy) is 1. The van der Waals surface area contributed by atoms with Gasteiger partial charge in [-0.05, 0) is 63.3 Å². The van der Waals surface area contributed by atoms with Crippen molar-refractivity contribution < 1.29 is 4.74 Å². The lowest BCUT2D eigenvalue weighted by Crippen LogP contribution is -2.18. The van der Waals surface area contributed by atoms with E-state index < -0.39 is 0 Å². The average molecular weight is 402 g/mol. The Labute approximate surface area is 176 Å². The highest BCUT2D eigenvalue weighted by atomic mass is 16.5. The molecule has 0 saturated carbocycles. The number of benzene rings is 1. The minimum absolute atomic E-state index is 0.691. The number of pyridine rings is 1. The van der Waals surface area contributed by atoms with E-state index in [-0.39, 0.29) is 0 Å². The van der Waals surface area contributed by atoms with E-state index in [9.17, 15) is 0 Å². The molecule has 4 heterocycles. The predicted molar refractivity (Wildman–Crippen MR) is 121 cm³/mol. The van der Waals surface area contributed by atoms with Crippen LogP contribution < -0.4 is 10.1 Å². The number of nitrogens with one attached hydrogen (secondary N) is 1. The van der Waals surface area contributed by atoms with E-state index in [0.29, 0.717) is 6.61 Å². The van der Waals surface area contributed by atoms with Crippen LogP contribution in [0.15, 0.2) is 36.4 Å². The first-order chi connectivity index (χ1) is 14.7. The maximum Gasteiger partial charge on any atom is 0.158 e. The second-order valence-electron chi connectivity index (χ2n) is 8.02. The number of hydrogen-bond acceptors (Lipinski definition) is 5. The lowest BCUT2D eigenvalue weighted by molar-refractivity contribution is 0.324. The van der Waals surface area contributed by atoms with Gasteiger partial charge in [-0.2, -0.15) is 5.10 Å². The molecular weight excluding hydrogens is 374 g/mol. The van der Waals surface area contributed by atoms with Crippen LogP contribution in [0.1, 0.15) is 50.5 Å². The summed E-state index contributed by atoms with van der Waals surface area (Å²) in [4.78, 5) is 9.79. The number of allylic oxidation sites excluding steroid dienone is 4. The van der Waals surface area contributed by atoms with Crippen LogP contribution in [0.3, 0.4) is 0 Å². The van der Waals surface area contributed by atoms with E-state index in [1.54, 1.807) is 0 Å². The number of aryl methyl sites for hydroxylation is 2. The van der Waals surface area contributed by atoms with Crippen molar-refractivity contribution in [2.24, 2.45) is 0 Å². The molecule has 0 atom stereocenters. The van der Waals surface area contributed by atoms with Crippen LogP contribution in [-0.2, 0) is 12.8 Å². The molecule has 3 aromatic rings. The lowest BCUT2D eigenvalue weighted by Gasteiger charge is -2.20. The molecule has 154 valence electrons. The first kappa shape index (κ1) is 18.9. The Kier molecular flexibility index (Phi) is 4.99. The van der Waals surface area contributed by atoms with Crippen LogP contribution in [0, 0.1) is 0 Å². The first-order valence-electron chi connectivity index (χ1n) is 10.8. The summed E-state index contributed by atoms with van der Waals surface area (Å²) in [6, 6.07) is 8.33. The van der Waals surface area contributed by atoms with Gasteiger partial charge in [0.15, 0.2) is 11.6 Å². The average Bonchev–Trinajstić information content (AvgIpc) is 3.22. The molecule has 0 amide bonds. The molecule has 6 nitrogen and oxygen atoms in total. The monoisotopic (exact) mass is 401 g/mol. The number of fused-ring (bicyclic) bond motifs is 4. The maximum atomic E-state index is 5.76. The van der Waals surface area contributed by atoms with Crippen molar-refractivity contribution in [3.05, 3.63) is 53.8 Å². The van der Waals surface area contributed by atoms with Crippen molar-refractivity contribution in [1.29, 1.82) is 0 Å². The molecule has 0 fully saturated rings. The normalized spacial score (nSPS) is 19.7. The quantitative estimate of drug-likeness (QED) is 0.679. The van der Waals surface area contributed by atoms with E-state index in [4.69, 9.17) is 19.8 Å². The van der Waals surface area contributed by atoms with Gasteiger partial charge in [-0.1, -0.05) is 18.2 Å². The molecule has 1 aromatic carbocycles. The van der Waals surface area contributed by atoms with Crippen molar-refractivity contribution in [3.63, 3.8) is 0 Å². The molecule has 1 N–H and O–H groups in total. The predicted octanol–water partition coefficient (Wildman–Crippen LogP) is 4.86. The summed E-state index contributed by atoms with van der Waals surface area (Å²) in [5.74, 6) is 2.71. The van der Waals surface area contributed by atoms with E-state index in [1.165, 1.54) is 12.0 Å². The van der Waals surface area contributed by atoms with Crippen LogP contribution >= 0.6 is 0 Å². The lowest BCUT2D eigenvalue weighted by atomic mass is 10.1. The highest BCUT2D eigenvalue weighted by molar-refractivity contribution is 5.94. The fourth-order valence-corrected chi connectivity index (χ4v) is 4.10. The Balaban J connectivity index is 1.41. The molecule has 0 bridgehead atoms. The Morgan fingerprint density at radius 3 is 2.83 bits per heavy atom. The molecule has 6 heteroatoms. The summed E-state index contributed by atoms with van der Waals surface area (Å²) in [6.45, 7) is 5.74. The first-order valence-corrected chi connectivity index (χ1v) is 10.8. The van der Waals surface area contributed by atoms with Crippen molar-refractivity contribution in [1.82, 2.24) is 19.7 Å². The molecule has 2 aliphatic rings. The minimum Gasteiger partial charge on any atom is -0.490 e. The molecule has 0 unspecified atom stereocenters. The third-order valence-corrected chi connectivity index (χ3v) is 5.78. The summed E-state index contributed by atoms with van der Waals surface area (Å²) < 4.78 is 7.76. The highest BCUT2D eigenvalue weighted by Gasteiger charge is 2.16. The maximum absolute atomic E-state index is 5.76. The molecule has 0 saturated heterocycles. The molecule has 5 rings (SSSR count). The summed E-state index contributed by atoms with van der Waals surface area (Å²) in [6.07, 6.45) is 9.43. The topological polar surface area (TPSA) is 64.9 Å². The standard InChI is InChI=1S/C24H27N5O/c1-16-6-4-3-5-7-17(2)29-24(16)27-21(28-29)13-11-19-10-8-18-9-12-20-23(22(18)26-19)25-14-15-30-20/h6-10,12,25H,3-5,11,13-15H2,1-2H3/b16-6-,17-7-. The molecule has 30 heavy (non-hydrogen) atoms. The van der Waals surface area contributed by atoms with Crippen LogP contribution in [0.2, 0.25) is 0 Å². The van der Waals surface area contributed by atoms with Crippen LogP contribution in [0.5, 0.6) is 5.75 Å². The van der Waals surface area contributed by atoms with Crippen LogP contribution in [0.4, 0.5) is 5.69 Å².